The molecule has 0 aliphatic carbocycles. The zero-order valence-corrected chi connectivity index (χ0v) is 22.8. The molecule has 0 saturated heterocycles. The van der Waals surface area contributed by atoms with Crippen molar-refractivity contribution in [2.24, 2.45) is 4.99 Å². The Balaban J connectivity index is 1.40. The van der Waals surface area contributed by atoms with Crippen molar-refractivity contribution in [2.45, 2.75) is 24.5 Å². The Hall–Kier alpha value is -4.68. The van der Waals surface area contributed by atoms with E-state index in [1.807, 2.05) is 72.8 Å². The minimum Gasteiger partial charge on any atom is -0.494 e. The first-order valence-corrected chi connectivity index (χ1v) is 13.9. The second kappa shape index (κ2) is 11.4. The molecular formula is C35H32N2O4. The summed E-state index contributed by atoms with van der Waals surface area (Å²) in [5.41, 5.74) is 4.63. The van der Waals surface area contributed by atoms with Gasteiger partial charge in [0.25, 0.3) is 5.91 Å². The Labute approximate surface area is 240 Å². The van der Waals surface area contributed by atoms with Crippen LogP contribution in [0.3, 0.4) is 0 Å². The molecule has 206 valence electrons. The maximum absolute atomic E-state index is 14.4. The topological polar surface area (TPSA) is 71.4 Å². The molecule has 6 rings (SSSR count). The normalized spacial score (nSPS) is 19.4. The average molecular weight is 545 g/mol. The minimum atomic E-state index is -1.17. The second-order valence-corrected chi connectivity index (χ2v) is 10.3. The van der Waals surface area contributed by atoms with Gasteiger partial charge in [-0.3, -0.25) is 4.79 Å². The number of amides is 1. The van der Waals surface area contributed by atoms with Crippen LogP contribution in [0.15, 0.2) is 121 Å². The first-order chi connectivity index (χ1) is 20.1. The molecule has 0 unspecified atom stereocenters. The molecule has 2 heterocycles. The first-order valence-electron chi connectivity index (χ1n) is 13.9. The number of hydrogen-bond acceptors (Lipinski definition) is 5. The van der Waals surface area contributed by atoms with Crippen LogP contribution < -0.4 is 9.64 Å². The van der Waals surface area contributed by atoms with Gasteiger partial charge in [0.2, 0.25) is 5.90 Å². The third kappa shape index (κ3) is 5.03. The maximum atomic E-state index is 14.4. The van der Waals surface area contributed by atoms with Crippen LogP contribution in [0.25, 0.3) is 11.1 Å². The summed E-state index contributed by atoms with van der Waals surface area (Å²) in [6, 6.07) is 33.9. The van der Waals surface area contributed by atoms with Gasteiger partial charge in [0.05, 0.1) is 6.61 Å². The van der Waals surface area contributed by atoms with Gasteiger partial charge >= 0.3 is 0 Å². The van der Waals surface area contributed by atoms with E-state index in [-0.39, 0.29) is 12.5 Å². The lowest BCUT2D eigenvalue weighted by Crippen LogP contribution is -2.55. The van der Waals surface area contributed by atoms with E-state index < -0.39 is 11.6 Å². The average Bonchev–Trinajstić information content (AvgIpc) is 3.40. The minimum absolute atomic E-state index is 0.0819. The summed E-state index contributed by atoms with van der Waals surface area (Å²) in [6.45, 7) is 4.80. The molecule has 4 aromatic rings. The third-order valence-electron chi connectivity index (χ3n) is 7.63. The van der Waals surface area contributed by atoms with Gasteiger partial charge in [-0.05, 0) is 52.6 Å². The quantitative estimate of drug-likeness (QED) is 0.203. The number of aliphatic hydroxyl groups is 1. The zero-order chi connectivity index (χ0) is 28.2. The molecule has 1 spiro atoms. The summed E-state index contributed by atoms with van der Waals surface area (Å²) in [5, 5.41) is 9.03. The predicted octanol–water partition coefficient (Wildman–Crippen LogP) is 6.15. The van der Waals surface area contributed by atoms with Gasteiger partial charge in [-0.15, -0.1) is 6.58 Å². The molecule has 1 N–H and O–H groups in total. The van der Waals surface area contributed by atoms with Gasteiger partial charge in [-0.25, -0.2) is 4.99 Å². The summed E-state index contributed by atoms with van der Waals surface area (Å²) in [7, 11) is 0. The number of aliphatic imine (C=N–C) groups is 1. The monoisotopic (exact) mass is 544 g/mol. The maximum Gasteiger partial charge on any atom is 0.259 e. The molecule has 0 aromatic heterocycles. The smallest absolute Gasteiger partial charge is 0.259 e. The number of rotatable bonds is 9. The van der Waals surface area contributed by atoms with Crippen molar-refractivity contribution in [3.8, 4) is 16.9 Å². The third-order valence-corrected chi connectivity index (χ3v) is 7.63. The molecule has 2 aliphatic heterocycles. The van der Waals surface area contributed by atoms with E-state index in [0.717, 1.165) is 33.5 Å². The summed E-state index contributed by atoms with van der Waals surface area (Å²) in [6.07, 6.45) is 2.12. The molecule has 2 atom stereocenters. The molecule has 0 radical (unpaired) electrons. The fourth-order valence-corrected chi connectivity index (χ4v) is 5.62. The van der Waals surface area contributed by atoms with Crippen LogP contribution in [-0.4, -0.2) is 42.2 Å². The number of fused-ring (bicyclic) bond motifs is 1. The number of aliphatic hydroxyl groups excluding tert-OH is 1. The number of ether oxygens (including phenoxy) is 2. The molecule has 0 fully saturated rings. The van der Waals surface area contributed by atoms with E-state index in [9.17, 15) is 4.79 Å². The number of benzene rings is 4. The van der Waals surface area contributed by atoms with Crippen molar-refractivity contribution in [2.75, 3.05) is 24.7 Å². The molecule has 2 aliphatic rings. The van der Waals surface area contributed by atoms with Crippen molar-refractivity contribution in [3.05, 3.63) is 132 Å². The number of carbonyl (C=O) groups is 1. The highest BCUT2D eigenvalue weighted by Gasteiger charge is 2.57. The summed E-state index contributed by atoms with van der Waals surface area (Å²) >= 11 is 0. The van der Waals surface area contributed by atoms with E-state index in [0.29, 0.717) is 37.6 Å². The number of carbonyl (C=O) groups excluding carboxylic acids is 1. The lowest BCUT2D eigenvalue weighted by Gasteiger charge is -2.40. The molecule has 1 amide bonds. The Morgan fingerprint density at radius 1 is 0.927 bits per heavy atom. The van der Waals surface area contributed by atoms with E-state index in [4.69, 9.17) is 19.6 Å². The molecule has 0 bridgehead atoms. The van der Waals surface area contributed by atoms with Crippen LogP contribution in [-0.2, 0) is 16.0 Å². The van der Waals surface area contributed by atoms with Crippen LogP contribution in [0, 0.1) is 0 Å². The summed E-state index contributed by atoms with van der Waals surface area (Å²) in [4.78, 5) is 21.3. The Morgan fingerprint density at radius 3 is 2.34 bits per heavy atom. The lowest BCUT2D eigenvalue weighted by molar-refractivity contribution is -0.126. The molecule has 0 saturated carbocycles. The number of hydrogen-bond donors (Lipinski definition) is 1. The Kier molecular flexibility index (Phi) is 7.40. The highest BCUT2D eigenvalue weighted by Crippen LogP contribution is 2.47. The van der Waals surface area contributed by atoms with E-state index in [2.05, 4.69) is 36.9 Å². The summed E-state index contributed by atoms with van der Waals surface area (Å²) < 4.78 is 12.3. The van der Waals surface area contributed by atoms with Crippen LogP contribution >= 0.6 is 0 Å². The molecule has 4 aromatic carbocycles. The second-order valence-electron chi connectivity index (χ2n) is 10.3. The van der Waals surface area contributed by atoms with Crippen molar-refractivity contribution < 1.29 is 19.4 Å². The SMILES string of the molecule is C=CCN1C(=O)[C@]2(Cc3ccccc31)N=C(c1ccc(OCCCO)cc1)O[C@@H]2c1ccc(-c2ccccc2)cc1. The van der Waals surface area contributed by atoms with Crippen molar-refractivity contribution in [3.63, 3.8) is 0 Å². The Morgan fingerprint density at radius 2 is 1.61 bits per heavy atom. The van der Waals surface area contributed by atoms with Crippen molar-refractivity contribution in [1.29, 1.82) is 0 Å². The van der Waals surface area contributed by atoms with Gasteiger partial charge in [0.15, 0.2) is 11.6 Å². The Bertz CT molecular complexity index is 1560. The van der Waals surface area contributed by atoms with Gasteiger partial charge < -0.3 is 19.5 Å². The fraction of sp³-hybridized carbons (Fsp3) is 0.200. The van der Waals surface area contributed by atoms with Gasteiger partial charge in [0.1, 0.15) is 5.75 Å². The number of para-hydroxylation sites is 1. The number of nitrogens with zero attached hydrogens (tertiary/aromatic N) is 2. The standard InChI is InChI=1S/C35H32N2O4/c1-2-21-37-31-12-7-6-11-29(31)24-35(34(37)39)32(27-15-13-26(14-16-27)25-9-4-3-5-10-25)41-33(36-35)28-17-19-30(20-18-28)40-23-8-22-38/h2-7,9-20,32,38H,1,8,21-24H2/t32-,35-/m1/s1. The van der Waals surface area contributed by atoms with Gasteiger partial charge in [0, 0.05) is 37.2 Å². The number of anilines is 1. The molecule has 6 heteroatoms. The molecular weight excluding hydrogens is 512 g/mol. The first kappa shape index (κ1) is 26.5. The van der Waals surface area contributed by atoms with Crippen LogP contribution in [0.5, 0.6) is 5.75 Å². The van der Waals surface area contributed by atoms with Crippen molar-refractivity contribution >= 4 is 17.5 Å². The fourth-order valence-electron chi connectivity index (χ4n) is 5.62. The van der Waals surface area contributed by atoms with Gasteiger partial charge in [-0.1, -0.05) is 78.9 Å². The van der Waals surface area contributed by atoms with Crippen LogP contribution in [0.1, 0.15) is 29.2 Å². The zero-order valence-electron chi connectivity index (χ0n) is 22.8. The van der Waals surface area contributed by atoms with E-state index in [1.54, 1.807) is 11.0 Å². The van der Waals surface area contributed by atoms with Crippen LogP contribution in [0.4, 0.5) is 5.69 Å². The highest BCUT2D eigenvalue weighted by atomic mass is 16.5. The van der Waals surface area contributed by atoms with E-state index >= 15 is 0 Å². The molecule has 41 heavy (non-hydrogen) atoms. The lowest BCUT2D eigenvalue weighted by atomic mass is 9.78. The largest absolute Gasteiger partial charge is 0.494 e. The summed E-state index contributed by atoms with van der Waals surface area (Å²) in [5.74, 6) is 1.02. The van der Waals surface area contributed by atoms with Crippen LogP contribution in [0.2, 0.25) is 0 Å². The van der Waals surface area contributed by atoms with Crippen molar-refractivity contribution in [1.82, 2.24) is 0 Å². The van der Waals surface area contributed by atoms with E-state index in [1.165, 1.54) is 0 Å². The molecule has 6 nitrogen and oxygen atoms in total. The predicted molar refractivity (Wildman–Crippen MR) is 161 cm³/mol. The van der Waals surface area contributed by atoms with Gasteiger partial charge in [-0.2, -0.15) is 0 Å². The highest BCUT2D eigenvalue weighted by molar-refractivity contribution is 6.08.